The van der Waals surface area contributed by atoms with Gasteiger partial charge in [-0.3, -0.25) is 4.79 Å². The van der Waals surface area contributed by atoms with Gasteiger partial charge >= 0.3 is 0 Å². The van der Waals surface area contributed by atoms with Gasteiger partial charge in [0.2, 0.25) is 0 Å². The molecule has 1 aromatic carbocycles. The first-order chi connectivity index (χ1) is 9.02. The molecule has 1 atom stereocenters. The highest BCUT2D eigenvalue weighted by molar-refractivity contribution is 5.94. The number of benzene rings is 1. The fraction of sp³-hybridized carbons (Fsp3) is 0.462. The van der Waals surface area contributed by atoms with Crippen LogP contribution in [0, 0.1) is 11.6 Å². The summed E-state index contributed by atoms with van der Waals surface area (Å²) in [7, 11) is 1.94. The highest BCUT2D eigenvalue weighted by atomic mass is 19.1. The molecule has 6 heteroatoms. The number of nitrogens with zero attached hydrogens (tertiary/aromatic N) is 2. The third-order valence-electron chi connectivity index (χ3n) is 3.38. The van der Waals surface area contributed by atoms with Crippen LogP contribution in [0.1, 0.15) is 10.4 Å². The number of amides is 1. The molecule has 1 unspecified atom stereocenters. The number of hydrogen-bond acceptors (Lipinski definition) is 3. The molecule has 1 saturated heterocycles. The van der Waals surface area contributed by atoms with Crippen LogP contribution in [0.4, 0.5) is 8.78 Å². The number of nitrogens with two attached hydrogens (primary N) is 1. The minimum absolute atomic E-state index is 0.172. The number of halogens is 2. The van der Waals surface area contributed by atoms with Crippen molar-refractivity contribution >= 4 is 5.91 Å². The Morgan fingerprint density at radius 2 is 2.16 bits per heavy atom. The Morgan fingerprint density at radius 1 is 1.42 bits per heavy atom. The van der Waals surface area contributed by atoms with Gasteiger partial charge in [-0.1, -0.05) is 0 Å². The molecule has 1 amide bonds. The first-order valence-electron chi connectivity index (χ1n) is 6.17. The van der Waals surface area contributed by atoms with E-state index in [0.717, 1.165) is 18.2 Å². The van der Waals surface area contributed by atoms with Gasteiger partial charge in [0.1, 0.15) is 11.6 Å². The van der Waals surface area contributed by atoms with E-state index in [-0.39, 0.29) is 11.6 Å². The van der Waals surface area contributed by atoms with Crippen LogP contribution in [-0.2, 0) is 0 Å². The largest absolute Gasteiger partial charge is 0.332 e. The second-order valence-corrected chi connectivity index (χ2v) is 4.77. The van der Waals surface area contributed by atoms with Crippen molar-refractivity contribution in [1.29, 1.82) is 0 Å². The van der Waals surface area contributed by atoms with E-state index in [9.17, 15) is 13.6 Å². The van der Waals surface area contributed by atoms with E-state index < -0.39 is 17.5 Å². The van der Waals surface area contributed by atoms with Crippen molar-refractivity contribution < 1.29 is 13.6 Å². The highest BCUT2D eigenvalue weighted by Gasteiger charge is 2.30. The number of piperazine rings is 1. The highest BCUT2D eigenvalue weighted by Crippen LogP contribution is 2.16. The van der Waals surface area contributed by atoms with Crippen molar-refractivity contribution in [1.82, 2.24) is 9.80 Å². The molecule has 1 aliphatic rings. The quantitative estimate of drug-likeness (QED) is 0.859. The molecule has 1 aliphatic heterocycles. The molecule has 1 fully saturated rings. The summed E-state index contributed by atoms with van der Waals surface area (Å²) in [6.45, 7) is 2.10. The molecule has 19 heavy (non-hydrogen) atoms. The predicted molar refractivity (Wildman–Crippen MR) is 67.7 cm³/mol. The Morgan fingerprint density at radius 3 is 2.84 bits per heavy atom. The number of carbonyl (C=O) groups is 1. The topological polar surface area (TPSA) is 49.6 Å². The standard InChI is InChI=1S/C13H17F2N3O/c1-17-4-5-18(10(7-16)8-17)13(19)11-6-9(14)2-3-12(11)15/h2-3,6,10H,4-5,7-8,16H2,1H3. The third-order valence-corrected chi connectivity index (χ3v) is 3.38. The summed E-state index contributed by atoms with van der Waals surface area (Å²) < 4.78 is 26.8. The van der Waals surface area contributed by atoms with Crippen molar-refractivity contribution in [2.45, 2.75) is 6.04 Å². The lowest BCUT2D eigenvalue weighted by Gasteiger charge is -2.39. The van der Waals surface area contributed by atoms with Gasteiger partial charge < -0.3 is 15.5 Å². The Balaban J connectivity index is 2.25. The maximum atomic E-state index is 13.6. The molecule has 2 rings (SSSR count). The van der Waals surface area contributed by atoms with Crippen molar-refractivity contribution in [2.75, 3.05) is 33.2 Å². The predicted octanol–water partition coefficient (Wildman–Crippen LogP) is 0.680. The zero-order valence-electron chi connectivity index (χ0n) is 10.8. The summed E-state index contributed by atoms with van der Waals surface area (Å²) in [5.41, 5.74) is 5.42. The van der Waals surface area contributed by atoms with E-state index in [1.165, 1.54) is 4.90 Å². The third kappa shape index (κ3) is 2.90. The molecule has 0 saturated carbocycles. The Bertz CT molecular complexity index is 481. The van der Waals surface area contributed by atoms with Gasteiger partial charge in [-0.05, 0) is 25.2 Å². The first kappa shape index (κ1) is 13.9. The maximum absolute atomic E-state index is 13.6. The monoisotopic (exact) mass is 269 g/mol. The summed E-state index contributed by atoms with van der Waals surface area (Å²) in [6, 6.07) is 2.73. The molecule has 1 heterocycles. The van der Waals surface area contributed by atoms with Crippen LogP contribution in [0.3, 0.4) is 0 Å². The van der Waals surface area contributed by atoms with Gasteiger partial charge in [-0.15, -0.1) is 0 Å². The van der Waals surface area contributed by atoms with Crippen LogP contribution >= 0.6 is 0 Å². The number of likely N-dealkylation sites (N-methyl/N-ethyl adjacent to an activating group) is 1. The van der Waals surface area contributed by atoms with Crippen LogP contribution in [-0.4, -0.2) is 55.0 Å². The zero-order chi connectivity index (χ0) is 14.0. The maximum Gasteiger partial charge on any atom is 0.257 e. The summed E-state index contributed by atoms with van der Waals surface area (Å²) in [4.78, 5) is 15.9. The van der Waals surface area contributed by atoms with Crippen LogP contribution < -0.4 is 5.73 Å². The van der Waals surface area contributed by atoms with Crippen LogP contribution in [0.5, 0.6) is 0 Å². The summed E-state index contributed by atoms with van der Waals surface area (Å²) >= 11 is 0. The zero-order valence-corrected chi connectivity index (χ0v) is 10.8. The Labute approximate surface area is 110 Å². The normalized spacial score (nSPS) is 20.6. The van der Waals surface area contributed by atoms with Crippen molar-refractivity contribution in [3.05, 3.63) is 35.4 Å². The molecule has 2 N–H and O–H groups in total. The first-order valence-corrected chi connectivity index (χ1v) is 6.17. The van der Waals surface area contributed by atoms with E-state index in [2.05, 4.69) is 4.90 Å². The second kappa shape index (κ2) is 5.63. The molecule has 4 nitrogen and oxygen atoms in total. The van der Waals surface area contributed by atoms with E-state index in [1.54, 1.807) is 0 Å². The lowest BCUT2D eigenvalue weighted by molar-refractivity contribution is 0.0511. The van der Waals surface area contributed by atoms with Gasteiger partial charge in [0.05, 0.1) is 11.6 Å². The van der Waals surface area contributed by atoms with E-state index >= 15 is 0 Å². The average molecular weight is 269 g/mol. The molecule has 0 radical (unpaired) electrons. The minimum Gasteiger partial charge on any atom is -0.332 e. The molecule has 0 aromatic heterocycles. The van der Waals surface area contributed by atoms with Gasteiger partial charge in [-0.25, -0.2) is 8.78 Å². The average Bonchev–Trinajstić information content (AvgIpc) is 2.40. The molecule has 0 aliphatic carbocycles. The smallest absolute Gasteiger partial charge is 0.257 e. The van der Waals surface area contributed by atoms with Crippen LogP contribution in [0.2, 0.25) is 0 Å². The van der Waals surface area contributed by atoms with Crippen LogP contribution in [0.15, 0.2) is 18.2 Å². The molecule has 0 spiro atoms. The molecule has 0 bridgehead atoms. The Hall–Kier alpha value is -1.53. The Kier molecular flexibility index (Phi) is 4.11. The lowest BCUT2D eigenvalue weighted by atomic mass is 10.1. The molecular formula is C13H17F2N3O. The summed E-state index contributed by atoms with van der Waals surface area (Å²) in [5.74, 6) is -1.83. The van der Waals surface area contributed by atoms with Crippen LogP contribution in [0.25, 0.3) is 0 Å². The van der Waals surface area contributed by atoms with Gasteiger partial charge in [0.25, 0.3) is 5.91 Å². The minimum atomic E-state index is -0.707. The van der Waals surface area contributed by atoms with Crippen molar-refractivity contribution in [3.63, 3.8) is 0 Å². The lowest BCUT2D eigenvalue weighted by Crippen LogP contribution is -2.56. The van der Waals surface area contributed by atoms with E-state index in [0.29, 0.717) is 26.2 Å². The van der Waals surface area contributed by atoms with Crippen molar-refractivity contribution in [3.8, 4) is 0 Å². The van der Waals surface area contributed by atoms with Gasteiger partial charge in [0.15, 0.2) is 0 Å². The summed E-state index contributed by atoms with van der Waals surface area (Å²) in [5, 5.41) is 0. The van der Waals surface area contributed by atoms with E-state index in [4.69, 9.17) is 5.73 Å². The summed E-state index contributed by atoms with van der Waals surface area (Å²) in [6.07, 6.45) is 0. The fourth-order valence-electron chi connectivity index (χ4n) is 2.30. The number of rotatable bonds is 2. The second-order valence-electron chi connectivity index (χ2n) is 4.77. The SMILES string of the molecule is CN1CCN(C(=O)c2cc(F)ccc2F)C(CN)C1. The van der Waals surface area contributed by atoms with E-state index in [1.807, 2.05) is 7.05 Å². The van der Waals surface area contributed by atoms with Gasteiger partial charge in [0, 0.05) is 26.2 Å². The van der Waals surface area contributed by atoms with Crippen molar-refractivity contribution in [2.24, 2.45) is 5.73 Å². The fourth-order valence-corrected chi connectivity index (χ4v) is 2.30. The molecule has 104 valence electrons. The molecular weight excluding hydrogens is 252 g/mol. The van der Waals surface area contributed by atoms with Gasteiger partial charge in [-0.2, -0.15) is 0 Å². The number of hydrogen-bond donors (Lipinski definition) is 1. The molecule has 1 aromatic rings. The number of carbonyl (C=O) groups excluding carboxylic acids is 1.